The molecule has 0 aliphatic carbocycles. The Morgan fingerprint density at radius 1 is 1.09 bits per heavy atom. The minimum atomic E-state index is -4.88. The number of hydrogen-bond donors (Lipinski definition) is 0. The predicted molar refractivity (Wildman–Crippen MR) is 113 cm³/mol. The molecule has 180 valence electrons. The molecule has 1 aliphatic heterocycles. The van der Waals surface area contributed by atoms with Crippen LogP contribution in [-0.2, 0) is 30.5 Å². The number of fused-ring (bicyclic) bond motifs is 1. The van der Waals surface area contributed by atoms with Crippen molar-refractivity contribution in [1.82, 2.24) is 0 Å². The van der Waals surface area contributed by atoms with Crippen molar-refractivity contribution in [2.75, 3.05) is 24.1 Å². The molecule has 1 aliphatic rings. The van der Waals surface area contributed by atoms with Gasteiger partial charge in [0.25, 0.3) is 10.0 Å². The van der Waals surface area contributed by atoms with Crippen LogP contribution in [0.3, 0.4) is 0 Å². The molecule has 0 amide bonds. The van der Waals surface area contributed by atoms with Gasteiger partial charge in [0.05, 0.1) is 22.8 Å². The standard InChI is InChI=1S/C22H24F3NO6S/c1-21(2,3)32-20(27)14-30-12-15-13-31-18-10-6-5-9-17(18)26(15)33(28,29)19-11-7-4-8-16(19)22(23,24)25/h4-11,15H,12-14H2,1-3H3. The Kier molecular flexibility index (Phi) is 6.94. The minimum Gasteiger partial charge on any atom is -0.489 e. The van der Waals surface area contributed by atoms with Crippen molar-refractivity contribution in [3.8, 4) is 5.75 Å². The van der Waals surface area contributed by atoms with Crippen molar-refractivity contribution < 1.29 is 40.6 Å². The second-order valence-corrected chi connectivity index (χ2v) is 10.1. The summed E-state index contributed by atoms with van der Waals surface area (Å²) in [5.74, 6) is -0.453. The Hall–Kier alpha value is -2.79. The van der Waals surface area contributed by atoms with Crippen LogP contribution in [0, 0.1) is 0 Å². The molecule has 0 bridgehead atoms. The second kappa shape index (κ2) is 9.22. The van der Waals surface area contributed by atoms with Gasteiger partial charge in [-0.3, -0.25) is 4.31 Å². The SMILES string of the molecule is CC(C)(C)OC(=O)COCC1COc2ccccc2N1S(=O)(=O)c1ccccc1C(F)(F)F. The fourth-order valence-corrected chi connectivity index (χ4v) is 5.18. The number of carbonyl (C=O) groups excluding carboxylic acids is 1. The van der Waals surface area contributed by atoms with Crippen LogP contribution < -0.4 is 9.04 Å². The van der Waals surface area contributed by atoms with Crippen LogP contribution in [0.5, 0.6) is 5.75 Å². The highest BCUT2D eigenvalue weighted by Crippen LogP contribution is 2.41. The zero-order valence-electron chi connectivity index (χ0n) is 18.3. The van der Waals surface area contributed by atoms with Crippen LogP contribution in [0.25, 0.3) is 0 Å². The number of sulfonamides is 1. The normalized spacial score (nSPS) is 16.7. The van der Waals surface area contributed by atoms with Gasteiger partial charge in [-0.25, -0.2) is 13.2 Å². The van der Waals surface area contributed by atoms with Crippen LogP contribution >= 0.6 is 0 Å². The van der Waals surface area contributed by atoms with Crippen LogP contribution in [0.15, 0.2) is 53.4 Å². The maximum absolute atomic E-state index is 13.6. The summed E-state index contributed by atoms with van der Waals surface area (Å²) in [5, 5.41) is 0. The van der Waals surface area contributed by atoms with Crippen molar-refractivity contribution in [1.29, 1.82) is 0 Å². The smallest absolute Gasteiger partial charge is 0.417 e. The predicted octanol–water partition coefficient (Wildman–Crippen LogP) is 4.02. The van der Waals surface area contributed by atoms with Crippen LogP contribution in [0.1, 0.15) is 26.3 Å². The average molecular weight is 487 g/mol. The highest BCUT2D eigenvalue weighted by Gasteiger charge is 2.43. The molecule has 1 heterocycles. The molecule has 33 heavy (non-hydrogen) atoms. The quantitative estimate of drug-likeness (QED) is 0.573. The number of esters is 1. The summed E-state index contributed by atoms with van der Waals surface area (Å²) in [6.45, 7) is 4.11. The first-order valence-electron chi connectivity index (χ1n) is 10.0. The lowest BCUT2D eigenvalue weighted by Gasteiger charge is -2.37. The number of benzene rings is 2. The van der Waals surface area contributed by atoms with E-state index in [1.54, 1.807) is 32.9 Å². The molecule has 3 rings (SSSR count). The van der Waals surface area contributed by atoms with Crippen LogP contribution in [0.4, 0.5) is 18.9 Å². The summed E-state index contributed by atoms with van der Waals surface area (Å²) in [6, 6.07) is 9.07. The fourth-order valence-electron chi connectivity index (χ4n) is 3.33. The molecule has 0 N–H and O–H groups in total. The number of halogens is 3. The number of carbonyl (C=O) groups is 1. The number of ether oxygens (including phenoxy) is 3. The third kappa shape index (κ3) is 5.77. The molecule has 2 aromatic rings. The van der Waals surface area contributed by atoms with E-state index in [4.69, 9.17) is 14.2 Å². The van der Waals surface area contributed by atoms with E-state index in [1.807, 2.05) is 0 Å². The van der Waals surface area contributed by atoms with Crippen LogP contribution in [-0.4, -0.2) is 45.9 Å². The van der Waals surface area contributed by atoms with Gasteiger partial charge in [-0.1, -0.05) is 24.3 Å². The summed E-state index contributed by atoms with van der Waals surface area (Å²) in [5.41, 5.74) is -1.93. The van der Waals surface area contributed by atoms with Crippen molar-refractivity contribution in [3.63, 3.8) is 0 Å². The molecule has 0 fully saturated rings. The topological polar surface area (TPSA) is 82.1 Å². The summed E-state index contributed by atoms with van der Waals surface area (Å²) < 4.78 is 84.8. The number of anilines is 1. The Bertz CT molecular complexity index is 1110. The minimum absolute atomic E-state index is 0.0756. The lowest BCUT2D eigenvalue weighted by Crippen LogP contribution is -2.49. The van der Waals surface area contributed by atoms with Gasteiger partial charge >= 0.3 is 12.1 Å². The molecule has 0 spiro atoms. The van der Waals surface area contributed by atoms with E-state index < -0.39 is 50.9 Å². The number of hydrogen-bond acceptors (Lipinski definition) is 6. The molecule has 7 nitrogen and oxygen atoms in total. The molecular weight excluding hydrogens is 463 g/mol. The first kappa shape index (κ1) is 24.8. The molecule has 0 saturated heterocycles. The first-order chi connectivity index (χ1) is 15.3. The van der Waals surface area contributed by atoms with Gasteiger partial charge in [0.15, 0.2) is 0 Å². The van der Waals surface area contributed by atoms with Crippen molar-refractivity contribution in [3.05, 3.63) is 54.1 Å². The number of rotatable bonds is 6. The molecule has 1 unspecified atom stereocenters. The van der Waals surface area contributed by atoms with E-state index in [-0.39, 0.29) is 24.7 Å². The third-order valence-corrected chi connectivity index (χ3v) is 6.47. The number of alkyl halides is 3. The third-order valence-electron chi connectivity index (χ3n) is 4.55. The molecule has 2 aromatic carbocycles. The van der Waals surface area contributed by atoms with Gasteiger partial charge in [-0.05, 0) is 45.0 Å². The Balaban J connectivity index is 1.94. The maximum atomic E-state index is 13.6. The molecule has 11 heteroatoms. The van der Waals surface area contributed by atoms with Crippen molar-refractivity contribution >= 4 is 21.7 Å². The zero-order chi connectivity index (χ0) is 24.4. The summed E-state index contributed by atoms with van der Waals surface area (Å²) >= 11 is 0. The zero-order valence-corrected chi connectivity index (χ0v) is 19.1. The van der Waals surface area contributed by atoms with Gasteiger partial charge in [0.2, 0.25) is 0 Å². The van der Waals surface area contributed by atoms with Crippen molar-refractivity contribution in [2.45, 2.75) is 43.5 Å². The van der Waals surface area contributed by atoms with E-state index in [2.05, 4.69) is 0 Å². The second-order valence-electron chi connectivity index (χ2n) is 8.33. The summed E-state index contributed by atoms with van der Waals surface area (Å²) in [4.78, 5) is 11.0. The van der Waals surface area contributed by atoms with Gasteiger partial charge < -0.3 is 14.2 Å². The highest BCUT2D eigenvalue weighted by atomic mass is 32.2. The largest absolute Gasteiger partial charge is 0.489 e. The Morgan fingerprint density at radius 2 is 1.73 bits per heavy atom. The fraction of sp³-hybridized carbons (Fsp3) is 0.409. The van der Waals surface area contributed by atoms with E-state index >= 15 is 0 Å². The molecule has 0 aromatic heterocycles. The maximum Gasteiger partial charge on any atom is 0.417 e. The number of para-hydroxylation sites is 2. The van der Waals surface area contributed by atoms with Crippen LogP contribution in [0.2, 0.25) is 0 Å². The van der Waals surface area contributed by atoms with E-state index in [1.165, 1.54) is 18.2 Å². The monoisotopic (exact) mass is 487 g/mol. The van der Waals surface area contributed by atoms with E-state index in [0.29, 0.717) is 6.07 Å². The first-order valence-corrected chi connectivity index (χ1v) is 11.5. The average Bonchev–Trinajstić information content (AvgIpc) is 2.71. The summed E-state index contributed by atoms with van der Waals surface area (Å²) in [6.07, 6.45) is -4.88. The van der Waals surface area contributed by atoms with Gasteiger partial charge in [-0.15, -0.1) is 0 Å². The highest BCUT2D eigenvalue weighted by molar-refractivity contribution is 7.93. The molecule has 1 atom stereocenters. The van der Waals surface area contributed by atoms with Gasteiger partial charge in [0.1, 0.15) is 30.6 Å². The van der Waals surface area contributed by atoms with Gasteiger partial charge in [-0.2, -0.15) is 13.2 Å². The Labute approximate surface area is 190 Å². The van der Waals surface area contributed by atoms with Crippen molar-refractivity contribution in [2.24, 2.45) is 0 Å². The lowest BCUT2D eigenvalue weighted by molar-refractivity contribution is -0.160. The Morgan fingerprint density at radius 3 is 2.39 bits per heavy atom. The van der Waals surface area contributed by atoms with Gasteiger partial charge in [0, 0.05) is 0 Å². The molecular formula is C22H24F3NO6S. The van der Waals surface area contributed by atoms with E-state index in [0.717, 1.165) is 16.4 Å². The molecule has 0 radical (unpaired) electrons. The number of nitrogens with zero attached hydrogens (tertiary/aromatic N) is 1. The molecule has 0 saturated carbocycles. The van der Waals surface area contributed by atoms with E-state index in [9.17, 15) is 26.4 Å². The lowest BCUT2D eigenvalue weighted by atomic mass is 10.2. The summed E-state index contributed by atoms with van der Waals surface area (Å²) in [7, 11) is -4.68.